The third-order valence-corrected chi connectivity index (χ3v) is 3.17. The average molecular weight is 286 g/mol. The summed E-state index contributed by atoms with van der Waals surface area (Å²) in [7, 11) is 3.89. The van der Waals surface area contributed by atoms with Crippen molar-refractivity contribution in [2.24, 2.45) is 0 Å². The number of hydrogen-bond acceptors (Lipinski definition) is 2. The molecule has 0 aliphatic rings. The summed E-state index contributed by atoms with van der Waals surface area (Å²) in [5.74, 6) is -1.22. The van der Waals surface area contributed by atoms with Gasteiger partial charge >= 0.3 is 5.97 Å². The van der Waals surface area contributed by atoms with Crippen LogP contribution in [0.5, 0.6) is 0 Å². The van der Waals surface area contributed by atoms with Crippen molar-refractivity contribution in [3.8, 4) is 0 Å². The number of benzene rings is 1. The Kier molecular flexibility index (Phi) is 4.96. The number of nitrogens with zero attached hydrogens (tertiary/aromatic N) is 1. The molecular formula is C12H16BrNO2. The van der Waals surface area contributed by atoms with Crippen LogP contribution in [0.25, 0.3) is 0 Å². The summed E-state index contributed by atoms with van der Waals surface area (Å²) in [5, 5.41) is 9.22. The quantitative estimate of drug-likeness (QED) is 0.904. The van der Waals surface area contributed by atoms with Crippen molar-refractivity contribution in [2.75, 3.05) is 20.6 Å². The summed E-state index contributed by atoms with van der Waals surface area (Å²) in [5.41, 5.74) is 0.844. The maximum Gasteiger partial charge on any atom is 0.311 e. The zero-order valence-electron chi connectivity index (χ0n) is 9.48. The summed E-state index contributed by atoms with van der Waals surface area (Å²) in [6.45, 7) is 0.762. The molecule has 0 radical (unpaired) electrons. The van der Waals surface area contributed by atoms with Gasteiger partial charge in [-0.3, -0.25) is 4.79 Å². The standard InChI is InChI=1S/C12H16BrNO2/c1-14(2)8-7-10(12(15)16)9-5-3-4-6-11(9)13/h3-6,10H,7-8H2,1-2H3,(H,15,16). The molecule has 0 spiro atoms. The van der Waals surface area contributed by atoms with Crippen molar-refractivity contribution in [3.63, 3.8) is 0 Å². The molecule has 1 unspecified atom stereocenters. The van der Waals surface area contributed by atoms with Crippen molar-refractivity contribution < 1.29 is 9.90 Å². The molecule has 0 aromatic heterocycles. The molecule has 4 heteroatoms. The Balaban J connectivity index is 2.86. The maximum atomic E-state index is 11.2. The van der Waals surface area contributed by atoms with Crippen molar-refractivity contribution in [2.45, 2.75) is 12.3 Å². The Morgan fingerprint density at radius 2 is 2.06 bits per heavy atom. The van der Waals surface area contributed by atoms with Gasteiger partial charge in [-0.1, -0.05) is 34.1 Å². The lowest BCUT2D eigenvalue weighted by Crippen LogP contribution is -2.20. The minimum Gasteiger partial charge on any atom is -0.481 e. The molecule has 1 aromatic rings. The lowest BCUT2D eigenvalue weighted by atomic mass is 9.96. The Morgan fingerprint density at radius 3 is 2.56 bits per heavy atom. The zero-order chi connectivity index (χ0) is 12.1. The molecule has 0 heterocycles. The molecule has 0 fully saturated rings. The Morgan fingerprint density at radius 1 is 1.44 bits per heavy atom. The molecule has 0 amide bonds. The molecule has 0 saturated heterocycles. The van der Waals surface area contributed by atoms with Gasteiger partial charge < -0.3 is 10.0 Å². The van der Waals surface area contributed by atoms with Crippen LogP contribution >= 0.6 is 15.9 Å². The van der Waals surface area contributed by atoms with Crippen LogP contribution in [0.4, 0.5) is 0 Å². The van der Waals surface area contributed by atoms with E-state index in [1.807, 2.05) is 43.3 Å². The van der Waals surface area contributed by atoms with E-state index in [4.69, 9.17) is 0 Å². The molecule has 1 rings (SSSR count). The summed E-state index contributed by atoms with van der Waals surface area (Å²) in [4.78, 5) is 13.2. The molecule has 3 nitrogen and oxygen atoms in total. The Hall–Kier alpha value is -0.870. The first-order valence-electron chi connectivity index (χ1n) is 5.14. The lowest BCUT2D eigenvalue weighted by Gasteiger charge is -2.17. The van der Waals surface area contributed by atoms with Crippen LogP contribution in [0.1, 0.15) is 17.9 Å². The SMILES string of the molecule is CN(C)CCC(C(=O)O)c1ccccc1Br. The number of aliphatic carboxylic acids is 1. The molecule has 0 bridgehead atoms. The predicted molar refractivity (Wildman–Crippen MR) is 67.7 cm³/mol. The predicted octanol–water partition coefficient (Wildman–Crippen LogP) is 2.57. The fourth-order valence-corrected chi connectivity index (χ4v) is 2.12. The van der Waals surface area contributed by atoms with Crippen molar-refractivity contribution in [3.05, 3.63) is 34.3 Å². The van der Waals surface area contributed by atoms with Gasteiger partial charge in [-0.15, -0.1) is 0 Å². The van der Waals surface area contributed by atoms with Gasteiger partial charge in [0.05, 0.1) is 5.92 Å². The second-order valence-electron chi connectivity index (χ2n) is 4.00. The second-order valence-corrected chi connectivity index (χ2v) is 4.86. The van der Waals surface area contributed by atoms with Crippen LogP contribution in [-0.2, 0) is 4.79 Å². The van der Waals surface area contributed by atoms with E-state index < -0.39 is 11.9 Å². The van der Waals surface area contributed by atoms with Crippen LogP contribution in [-0.4, -0.2) is 36.6 Å². The Labute approximate surface area is 104 Å². The lowest BCUT2D eigenvalue weighted by molar-refractivity contribution is -0.139. The van der Waals surface area contributed by atoms with Gasteiger partial charge in [0.15, 0.2) is 0 Å². The van der Waals surface area contributed by atoms with E-state index in [0.717, 1.165) is 16.6 Å². The third kappa shape index (κ3) is 3.61. The fourth-order valence-electron chi connectivity index (χ4n) is 1.56. The average Bonchev–Trinajstić information content (AvgIpc) is 2.20. The first kappa shape index (κ1) is 13.2. The van der Waals surface area contributed by atoms with E-state index in [-0.39, 0.29) is 0 Å². The van der Waals surface area contributed by atoms with E-state index >= 15 is 0 Å². The molecule has 1 N–H and O–H groups in total. The fraction of sp³-hybridized carbons (Fsp3) is 0.417. The number of hydrogen-bond donors (Lipinski definition) is 1. The molecule has 1 atom stereocenters. The third-order valence-electron chi connectivity index (χ3n) is 2.44. The molecule has 88 valence electrons. The van der Waals surface area contributed by atoms with Gasteiger partial charge in [0, 0.05) is 4.47 Å². The smallest absolute Gasteiger partial charge is 0.311 e. The largest absolute Gasteiger partial charge is 0.481 e. The highest BCUT2D eigenvalue weighted by molar-refractivity contribution is 9.10. The van der Waals surface area contributed by atoms with Crippen molar-refractivity contribution >= 4 is 21.9 Å². The van der Waals surface area contributed by atoms with Crippen molar-refractivity contribution in [1.29, 1.82) is 0 Å². The number of rotatable bonds is 5. The van der Waals surface area contributed by atoms with E-state index in [0.29, 0.717) is 6.42 Å². The monoisotopic (exact) mass is 285 g/mol. The van der Waals surface area contributed by atoms with E-state index in [1.54, 1.807) is 0 Å². The highest BCUT2D eigenvalue weighted by atomic mass is 79.9. The van der Waals surface area contributed by atoms with Gasteiger partial charge in [-0.2, -0.15) is 0 Å². The molecule has 0 aliphatic carbocycles. The first-order valence-corrected chi connectivity index (χ1v) is 5.93. The van der Waals surface area contributed by atoms with Gasteiger partial charge in [0.25, 0.3) is 0 Å². The van der Waals surface area contributed by atoms with E-state index in [9.17, 15) is 9.90 Å². The normalized spacial score (nSPS) is 12.8. The van der Waals surface area contributed by atoms with Gasteiger partial charge in [-0.05, 0) is 38.7 Å². The number of carbonyl (C=O) groups is 1. The molecular weight excluding hydrogens is 270 g/mol. The van der Waals surface area contributed by atoms with Gasteiger partial charge in [0.2, 0.25) is 0 Å². The topological polar surface area (TPSA) is 40.5 Å². The zero-order valence-corrected chi connectivity index (χ0v) is 11.1. The van der Waals surface area contributed by atoms with E-state index in [2.05, 4.69) is 15.9 Å². The van der Waals surface area contributed by atoms with Crippen molar-refractivity contribution in [1.82, 2.24) is 4.90 Å². The first-order chi connectivity index (χ1) is 7.52. The van der Waals surface area contributed by atoms with Crippen LogP contribution in [0, 0.1) is 0 Å². The van der Waals surface area contributed by atoms with Crippen LogP contribution in [0.3, 0.4) is 0 Å². The molecule has 0 saturated carbocycles. The second kappa shape index (κ2) is 6.01. The molecule has 0 aliphatic heterocycles. The van der Waals surface area contributed by atoms with E-state index in [1.165, 1.54) is 0 Å². The summed E-state index contributed by atoms with van der Waals surface area (Å²) >= 11 is 3.40. The summed E-state index contributed by atoms with van der Waals surface area (Å²) < 4.78 is 0.862. The molecule has 1 aromatic carbocycles. The summed E-state index contributed by atoms with van der Waals surface area (Å²) in [6, 6.07) is 7.49. The van der Waals surface area contributed by atoms with Gasteiger partial charge in [0.1, 0.15) is 0 Å². The van der Waals surface area contributed by atoms with Crippen LogP contribution in [0.15, 0.2) is 28.7 Å². The minimum absolute atomic E-state index is 0.446. The number of halogens is 1. The van der Waals surface area contributed by atoms with Crippen LogP contribution < -0.4 is 0 Å². The molecule has 16 heavy (non-hydrogen) atoms. The highest BCUT2D eigenvalue weighted by Crippen LogP contribution is 2.27. The number of carboxylic acids is 1. The number of carboxylic acid groups (broad SMARTS) is 1. The minimum atomic E-state index is -0.770. The van der Waals surface area contributed by atoms with Gasteiger partial charge in [-0.25, -0.2) is 0 Å². The maximum absolute atomic E-state index is 11.2. The highest BCUT2D eigenvalue weighted by Gasteiger charge is 2.21. The Bertz CT molecular complexity index is 366. The van der Waals surface area contributed by atoms with Crippen LogP contribution in [0.2, 0.25) is 0 Å². The summed E-state index contributed by atoms with van der Waals surface area (Å²) in [6.07, 6.45) is 0.616.